The fourth-order valence-electron chi connectivity index (χ4n) is 1.60. The van der Waals surface area contributed by atoms with Gasteiger partial charge in [0.05, 0.1) is 0 Å². The van der Waals surface area contributed by atoms with Gasteiger partial charge in [-0.15, -0.1) is 0 Å². The lowest BCUT2D eigenvalue weighted by Gasteiger charge is -2.26. The number of hydrogen-bond acceptors (Lipinski definition) is 1. The Morgan fingerprint density at radius 1 is 1.30 bits per heavy atom. The van der Waals surface area contributed by atoms with Gasteiger partial charge in [0.2, 0.25) is 0 Å². The van der Waals surface area contributed by atoms with E-state index in [1.165, 1.54) is 0 Å². The number of rotatable bonds is 1. The highest BCUT2D eigenvalue weighted by Gasteiger charge is 2.22. The number of alkyl halides is 1. The van der Waals surface area contributed by atoms with Crippen LogP contribution >= 0.6 is 0 Å². The van der Waals surface area contributed by atoms with Gasteiger partial charge in [-0.2, -0.15) is 0 Å². The predicted octanol–water partition coefficient (Wildman–Crippen LogP) is 1.86. The first-order valence-corrected chi connectivity index (χ1v) is 4.10. The Morgan fingerprint density at radius 3 is 2.20 bits per heavy atom. The average molecular weight is 145 g/mol. The molecule has 1 fully saturated rings. The van der Waals surface area contributed by atoms with E-state index in [1.54, 1.807) is 0 Å². The topological polar surface area (TPSA) is 26.0 Å². The van der Waals surface area contributed by atoms with Crippen molar-refractivity contribution in [2.24, 2.45) is 11.7 Å². The van der Waals surface area contributed by atoms with Gasteiger partial charge in [-0.1, -0.05) is 0 Å². The molecule has 1 rings (SSSR count). The van der Waals surface area contributed by atoms with Gasteiger partial charge in [0.25, 0.3) is 0 Å². The average Bonchev–Trinajstić information content (AvgIpc) is 1.88. The van der Waals surface area contributed by atoms with Crippen LogP contribution in [0.5, 0.6) is 0 Å². The van der Waals surface area contributed by atoms with Crippen LogP contribution < -0.4 is 5.73 Å². The van der Waals surface area contributed by atoms with Gasteiger partial charge in [0.15, 0.2) is 0 Å². The molecule has 1 saturated carbocycles. The maximum atomic E-state index is 12.6. The van der Waals surface area contributed by atoms with Crippen LogP contribution in [0.1, 0.15) is 32.6 Å². The van der Waals surface area contributed by atoms with Crippen LogP contribution in [0.25, 0.3) is 0 Å². The van der Waals surface area contributed by atoms with Crippen molar-refractivity contribution in [3.63, 3.8) is 0 Å². The van der Waals surface area contributed by atoms with Crippen molar-refractivity contribution in [3.8, 4) is 0 Å². The molecule has 60 valence electrons. The zero-order chi connectivity index (χ0) is 7.56. The van der Waals surface area contributed by atoms with Crippen molar-refractivity contribution in [1.82, 2.24) is 0 Å². The molecule has 0 spiro atoms. The molecule has 10 heavy (non-hydrogen) atoms. The van der Waals surface area contributed by atoms with Crippen LogP contribution in [-0.2, 0) is 0 Å². The molecule has 0 saturated heterocycles. The smallest absolute Gasteiger partial charge is 0.100 e. The summed E-state index contributed by atoms with van der Waals surface area (Å²) >= 11 is 0. The van der Waals surface area contributed by atoms with E-state index < -0.39 is 6.17 Å². The van der Waals surface area contributed by atoms with Gasteiger partial charge in [0, 0.05) is 6.04 Å². The first kappa shape index (κ1) is 7.99. The summed E-state index contributed by atoms with van der Waals surface area (Å²) in [6, 6.07) is 0.257. The maximum Gasteiger partial charge on any atom is 0.100 e. The Labute approximate surface area is 61.8 Å². The molecule has 0 heterocycles. The predicted molar refractivity (Wildman–Crippen MR) is 40.5 cm³/mol. The van der Waals surface area contributed by atoms with Crippen molar-refractivity contribution in [2.75, 3.05) is 0 Å². The minimum Gasteiger partial charge on any atom is -0.328 e. The lowest BCUT2D eigenvalue weighted by Crippen LogP contribution is -2.30. The first-order valence-electron chi connectivity index (χ1n) is 4.10. The summed E-state index contributed by atoms with van der Waals surface area (Å²) in [5.41, 5.74) is 5.69. The minimum absolute atomic E-state index is 0.257. The highest BCUT2D eigenvalue weighted by molar-refractivity contribution is 4.76. The first-order chi connectivity index (χ1) is 4.70. The second kappa shape index (κ2) is 3.33. The van der Waals surface area contributed by atoms with Crippen LogP contribution in [0.4, 0.5) is 4.39 Å². The van der Waals surface area contributed by atoms with Gasteiger partial charge < -0.3 is 5.73 Å². The molecule has 1 nitrogen and oxygen atoms in total. The summed E-state index contributed by atoms with van der Waals surface area (Å²) < 4.78 is 12.6. The van der Waals surface area contributed by atoms with Gasteiger partial charge in [-0.25, -0.2) is 4.39 Å². The Morgan fingerprint density at radius 2 is 1.80 bits per heavy atom. The van der Waals surface area contributed by atoms with Gasteiger partial charge in [0.1, 0.15) is 6.17 Å². The van der Waals surface area contributed by atoms with Crippen molar-refractivity contribution >= 4 is 0 Å². The third-order valence-corrected chi connectivity index (χ3v) is 2.44. The molecule has 0 amide bonds. The van der Waals surface area contributed by atoms with Crippen molar-refractivity contribution in [1.29, 1.82) is 0 Å². The van der Waals surface area contributed by atoms with E-state index in [4.69, 9.17) is 5.73 Å². The summed E-state index contributed by atoms with van der Waals surface area (Å²) in [5.74, 6) is 0.576. The van der Waals surface area contributed by atoms with E-state index in [1.807, 2.05) is 6.92 Å². The fourth-order valence-corrected chi connectivity index (χ4v) is 1.60. The summed E-state index contributed by atoms with van der Waals surface area (Å²) in [7, 11) is 0. The summed E-state index contributed by atoms with van der Waals surface area (Å²) in [4.78, 5) is 0. The van der Waals surface area contributed by atoms with Gasteiger partial charge in [-0.05, 0) is 38.5 Å². The van der Waals surface area contributed by atoms with Crippen molar-refractivity contribution < 1.29 is 4.39 Å². The van der Waals surface area contributed by atoms with Crippen LogP contribution in [0, 0.1) is 5.92 Å². The van der Waals surface area contributed by atoms with Crippen molar-refractivity contribution in [2.45, 2.75) is 44.8 Å². The summed E-state index contributed by atoms with van der Waals surface area (Å²) in [6.07, 6.45) is 2.88. The highest BCUT2D eigenvalue weighted by atomic mass is 19.1. The molecular formula is C8H16FN. The Hall–Kier alpha value is -0.110. The number of halogens is 1. The molecule has 1 atom stereocenters. The zero-order valence-corrected chi connectivity index (χ0v) is 6.52. The zero-order valence-electron chi connectivity index (χ0n) is 6.52. The Balaban J connectivity index is 2.26. The molecule has 1 aliphatic rings. The van der Waals surface area contributed by atoms with Crippen LogP contribution in [0.3, 0.4) is 0 Å². The summed E-state index contributed by atoms with van der Waals surface area (Å²) in [5, 5.41) is 0. The van der Waals surface area contributed by atoms with Crippen LogP contribution in [-0.4, -0.2) is 12.2 Å². The second-order valence-corrected chi connectivity index (χ2v) is 3.37. The Bertz CT molecular complexity index is 95.4. The second-order valence-electron chi connectivity index (χ2n) is 3.37. The molecule has 0 aromatic heterocycles. The lowest BCUT2D eigenvalue weighted by atomic mass is 9.84. The van der Waals surface area contributed by atoms with Crippen LogP contribution in [0.15, 0.2) is 0 Å². The third kappa shape index (κ3) is 1.94. The van der Waals surface area contributed by atoms with E-state index in [0.29, 0.717) is 5.92 Å². The minimum atomic E-state index is -0.546. The molecule has 0 unspecified atom stereocenters. The third-order valence-electron chi connectivity index (χ3n) is 2.44. The van der Waals surface area contributed by atoms with Gasteiger partial charge >= 0.3 is 0 Å². The highest BCUT2D eigenvalue weighted by Crippen LogP contribution is 2.27. The lowest BCUT2D eigenvalue weighted by molar-refractivity contribution is 0.194. The Kier molecular flexibility index (Phi) is 2.66. The van der Waals surface area contributed by atoms with E-state index in [0.717, 1.165) is 25.7 Å². The van der Waals surface area contributed by atoms with Gasteiger partial charge in [-0.3, -0.25) is 0 Å². The summed E-state index contributed by atoms with van der Waals surface area (Å²) in [6.45, 7) is 2.02. The van der Waals surface area contributed by atoms with E-state index >= 15 is 0 Å². The maximum absolute atomic E-state index is 12.6. The van der Waals surface area contributed by atoms with E-state index in [2.05, 4.69) is 0 Å². The number of nitrogens with two attached hydrogens (primary N) is 1. The van der Waals surface area contributed by atoms with E-state index in [9.17, 15) is 4.39 Å². The molecule has 0 aromatic carbocycles. The molecular weight excluding hydrogens is 129 g/mol. The molecule has 2 N–H and O–H groups in total. The molecule has 2 heteroatoms. The number of hydrogen-bond donors (Lipinski definition) is 1. The fraction of sp³-hybridized carbons (Fsp3) is 1.00. The normalized spacial score (nSPS) is 37.5. The molecule has 0 aromatic rings. The standard InChI is InChI=1S/C8H16FN/c1-6(10)7-2-4-8(9)5-3-7/h6-8H,2-5,10H2,1H3/t6-,7?,8?/m1/s1. The van der Waals surface area contributed by atoms with Crippen LogP contribution in [0.2, 0.25) is 0 Å². The monoisotopic (exact) mass is 145 g/mol. The molecule has 1 aliphatic carbocycles. The molecule has 0 aliphatic heterocycles. The molecule has 0 radical (unpaired) electrons. The van der Waals surface area contributed by atoms with Crippen molar-refractivity contribution in [3.05, 3.63) is 0 Å². The quantitative estimate of drug-likeness (QED) is 0.598. The molecule has 0 bridgehead atoms. The van der Waals surface area contributed by atoms with E-state index in [-0.39, 0.29) is 6.04 Å². The largest absolute Gasteiger partial charge is 0.328 e. The SMILES string of the molecule is C[C@@H](N)C1CCC(F)CC1.